The van der Waals surface area contributed by atoms with Crippen molar-refractivity contribution in [1.82, 2.24) is 9.97 Å². The maximum atomic E-state index is 6.41. The maximum Gasteiger partial charge on any atom is 0 e. The Hall–Kier alpha value is -3.61. The van der Waals surface area contributed by atoms with Crippen molar-refractivity contribution in [3.8, 4) is 33.6 Å². The third-order valence-electron chi connectivity index (χ3n) is 8.67. The van der Waals surface area contributed by atoms with Crippen molar-refractivity contribution in [3.05, 3.63) is 128 Å². The fourth-order valence-corrected chi connectivity index (χ4v) is 11.4. The molecule has 4 heterocycles. The molecule has 3 nitrogen and oxygen atoms in total. The predicted molar refractivity (Wildman–Crippen MR) is 189 cm³/mol. The van der Waals surface area contributed by atoms with Gasteiger partial charge in [0.1, 0.15) is 13.7 Å². The molecular weight excluding hydrogens is 805 g/mol. The molecule has 0 unspecified atom stereocenters. The average molecular weight is 840 g/mol. The molecule has 0 amide bonds. The van der Waals surface area contributed by atoms with Crippen molar-refractivity contribution in [2.24, 2.45) is 0 Å². The van der Waals surface area contributed by atoms with Gasteiger partial charge in [-0.1, -0.05) is 60.4 Å². The number of benzene rings is 4. The molecule has 6 heteroatoms. The van der Waals surface area contributed by atoms with Gasteiger partial charge in [-0.05, 0) is 45.4 Å². The van der Waals surface area contributed by atoms with Crippen LogP contribution >= 0.6 is 0 Å². The average Bonchev–Trinajstić information content (AvgIpc) is 3.53. The molecule has 1 radical (unpaired) electrons. The number of pyridine rings is 2. The van der Waals surface area contributed by atoms with Gasteiger partial charge in [0.2, 0.25) is 0 Å². The van der Waals surface area contributed by atoms with E-state index in [-0.39, 0.29) is 20.1 Å². The summed E-state index contributed by atoms with van der Waals surface area (Å²) in [5.41, 5.74) is 8.47. The Morgan fingerprint density at radius 1 is 0.689 bits per heavy atom. The topological polar surface area (TPSA) is 38.9 Å². The first-order valence-corrected chi connectivity index (χ1v) is 25.4. The van der Waals surface area contributed by atoms with Gasteiger partial charge in [0.25, 0.3) is 0 Å². The standard InChI is InChI=1S/C25H18NOSi.C14H16GeN.Ir/c1-28(2)23-12-4-3-8-16(23)20-14-19-17-9-7-10-18(21-11-5-6-13-26-21)25(17)27-22(19)15-24(20)28;1-15(2,3)13-9-10-14(16-11-13)12-7-5-4-6-8-12;/h3-9,11-15H,1-2H3;4-7,9-11H,1-3H3;/q2*-1;. The molecule has 7 aromatic rings. The fourth-order valence-electron chi connectivity index (χ4n) is 6.19. The van der Waals surface area contributed by atoms with Gasteiger partial charge in [-0.25, -0.2) is 0 Å². The molecule has 0 bridgehead atoms. The quantitative estimate of drug-likeness (QED) is 0.133. The van der Waals surface area contributed by atoms with E-state index < -0.39 is 21.3 Å². The van der Waals surface area contributed by atoms with Crippen LogP contribution in [0.3, 0.4) is 0 Å². The first-order valence-electron chi connectivity index (χ1n) is 15.1. The number of furan rings is 1. The Balaban J connectivity index is 0.000000181. The Labute approximate surface area is 282 Å². The second-order valence-electron chi connectivity index (χ2n) is 12.9. The van der Waals surface area contributed by atoms with Gasteiger partial charge in [-0.15, -0.1) is 18.2 Å². The van der Waals surface area contributed by atoms with Crippen LogP contribution in [-0.2, 0) is 20.1 Å². The zero-order chi connectivity index (χ0) is 30.5. The minimum absolute atomic E-state index is 0. The molecule has 0 atom stereocenters. The first-order chi connectivity index (χ1) is 21.2. The van der Waals surface area contributed by atoms with Crippen LogP contribution in [0.15, 0.2) is 120 Å². The Morgan fingerprint density at radius 3 is 2.20 bits per heavy atom. The molecule has 0 saturated heterocycles. The summed E-state index contributed by atoms with van der Waals surface area (Å²) in [7, 11) is -1.71. The molecule has 225 valence electrons. The Kier molecular flexibility index (Phi) is 8.57. The van der Waals surface area contributed by atoms with Crippen LogP contribution in [0.4, 0.5) is 0 Å². The maximum absolute atomic E-state index is 6.41. The number of rotatable bonds is 3. The van der Waals surface area contributed by atoms with Crippen molar-refractivity contribution < 1.29 is 24.5 Å². The van der Waals surface area contributed by atoms with E-state index in [1.807, 2.05) is 60.9 Å². The van der Waals surface area contributed by atoms with Crippen molar-refractivity contribution in [1.29, 1.82) is 0 Å². The van der Waals surface area contributed by atoms with Crippen LogP contribution in [0.5, 0.6) is 0 Å². The van der Waals surface area contributed by atoms with E-state index in [1.54, 1.807) is 0 Å². The molecule has 1 aliphatic rings. The van der Waals surface area contributed by atoms with E-state index in [0.717, 1.165) is 39.1 Å². The summed E-state index contributed by atoms with van der Waals surface area (Å²) in [4.78, 5) is 9.03. The van der Waals surface area contributed by atoms with Gasteiger partial charge in [0.15, 0.2) is 0 Å². The summed E-state index contributed by atoms with van der Waals surface area (Å²) in [6, 6.07) is 42.3. The minimum Gasteiger partial charge on any atom is 0 e. The first kappa shape index (κ1) is 31.4. The van der Waals surface area contributed by atoms with Crippen LogP contribution in [0.25, 0.3) is 55.6 Å². The SMILES string of the molecule is C[Si]1(C)c2ccccc2-c2cc3c(cc21)oc1c(-c2ccccn2)[c-]ccc13.[CH3][Ge]([CH3])([CH3])[c]1ccc(-c2[c-]cccc2)nc1.[Ir]. The zero-order valence-electron chi connectivity index (χ0n) is 26.1. The van der Waals surface area contributed by atoms with Gasteiger partial charge in [0.05, 0.1) is 5.58 Å². The number of nitrogens with zero attached hydrogens (tertiary/aromatic N) is 2. The Morgan fingerprint density at radius 2 is 1.49 bits per heavy atom. The third-order valence-corrected chi connectivity index (χ3v) is 16.5. The van der Waals surface area contributed by atoms with E-state index in [2.05, 4.69) is 107 Å². The largest absolute Gasteiger partial charge is 0 e. The number of hydrogen-bond donors (Lipinski definition) is 0. The molecule has 3 aromatic heterocycles. The van der Waals surface area contributed by atoms with Crippen LogP contribution in [-0.4, -0.2) is 31.3 Å². The summed E-state index contributed by atoms with van der Waals surface area (Å²) in [5.74, 6) is 7.14. The summed E-state index contributed by atoms with van der Waals surface area (Å²) >= 11 is -1.72. The van der Waals surface area contributed by atoms with E-state index in [0.29, 0.717) is 0 Å². The third kappa shape index (κ3) is 5.79. The molecule has 0 saturated carbocycles. The van der Waals surface area contributed by atoms with E-state index in [9.17, 15) is 0 Å². The zero-order valence-corrected chi connectivity index (χ0v) is 31.6. The van der Waals surface area contributed by atoms with Crippen molar-refractivity contribution in [2.45, 2.75) is 30.4 Å². The molecule has 8 rings (SSSR count). The predicted octanol–water partition coefficient (Wildman–Crippen LogP) is 8.34. The molecule has 0 spiro atoms. The molecular formula is C39H34GeIrN2OSi-2. The summed E-state index contributed by atoms with van der Waals surface area (Å²) in [6.45, 7) is 4.86. The normalized spacial score (nSPS) is 13.0. The fraction of sp³-hybridized carbons (Fsp3) is 0.128. The second-order valence-corrected chi connectivity index (χ2v) is 27.9. The van der Waals surface area contributed by atoms with Crippen molar-refractivity contribution >= 4 is 58.0 Å². The number of aromatic nitrogens is 2. The van der Waals surface area contributed by atoms with E-state index in [4.69, 9.17) is 4.42 Å². The molecule has 4 aromatic carbocycles. The van der Waals surface area contributed by atoms with E-state index in [1.165, 1.54) is 31.3 Å². The van der Waals surface area contributed by atoms with Gasteiger partial charge < -0.3 is 9.40 Å². The van der Waals surface area contributed by atoms with Crippen LogP contribution in [0.2, 0.25) is 30.4 Å². The summed E-state index contributed by atoms with van der Waals surface area (Å²) in [5, 5.41) is 5.27. The molecule has 0 N–H and O–H groups in total. The number of hydrogen-bond acceptors (Lipinski definition) is 3. The smallest absolute Gasteiger partial charge is 0 e. The van der Waals surface area contributed by atoms with Gasteiger partial charge in [-0.2, -0.15) is 0 Å². The van der Waals surface area contributed by atoms with E-state index >= 15 is 0 Å². The van der Waals surface area contributed by atoms with Crippen LogP contribution in [0, 0.1) is 12.1 Å². The van der Waals surface area contributed by atoms with Crippen molar-refractivity contribution in [2.75, 3.05) is 0 Å². The van der Waals surface area contributed by atoms with Crippen LogP contribution < -0.4 is 14.8 Å². The second kappa shape index (κ2) is 12.3. The Bertz CT molecular complexity index is 2120. The minimum atomic E-state index is -1.72. The monoisotopic (exact) mass is 841 g/mol. The molecule has 45 heavy (non-hydrogen) atoms. The van der Waals surface area contributed by atoms with Crippen LogP contribution in [0.1, 0.15) is 0 Å². The summed E-state index contributed by atoms with van der Waals surface area (Å²) < 4.78 is 7.85. The molecule has 0 fully saturated rings. The summed E-state index contributed by atoms with van der Waals surface area (Å²) in [6.07, 6.45) is 3.85. The van der Waals surface area contributed by atoms with Crippen molar-refractivity contribution in [3.63, 3.8) is 0 Å². The molecule has 1 aliphatic heterocycles. The number of fused-ring (bicyclic) bond motifs is 6. The molecule has 0 aliphatic carbocycles. The van der Waals surface area contributed by atoms with Gasteiger partial charge in [-0.3, -0.25) is 0 Å². The van der Waals surface area contributed by atoms with Gasteiger partial charge in [0, 0.05) is 31.7 Å². The van der Waals surface area contributed by atoms with Gasteiger partial charge >= 0.3 is 99.8 Å².